The Bertz CT molecular complexity index is 403. The van der Waals surface area contributed by atoms with Crippen LogP contribution in [0.5, 0.6) is 0 Å². The molecule has 23 heavy (non-hydrogen) atoms. The number of hydrogen-bond donors (Lipinski definition) is 3. The number of aliphatic hydroxyl groups is 1. The maximum atomic E-state index is 9.31. The molecule has 0 aromatic heterocycles. The number of ether oxygens (including phenoxy) is 1. The molecule has 4 aliphatic rings. The maximum absolute atomic E-state index is 9.31. The standard InChI is InChI=1S/C16H31N5O2/c1-17-15(19-12-16(2-8-22)3-9-23-13-16)18-10-14-11-20-4-6-21(14)7-5-20/h14,22H,2-13H2,1H3,(H2,17,18,19). The Balaban J connectivity index is 1.45. The van der Waals surface area contributed by atoms with Gasteiger partial charge >= 0.3 is 0 Å². The molecule has 7 nitrogen and oxygen atoms in total. The average molecular weight is 325 g/mol. The zero-order valence-electron chi connectivity index (χ0n) is 14.3. The van der Waals surface area contributed by atoms with E-state index in [1.54, 1.807) is 0 Å². The first-order valence-electron chi connectivity index (χ1n) is 8.84. The molecule has 4 fully saturated rings. The third kappa shape index (κ3) is 4.15. The number of guanidine groups is 1. The molecule has 2 unspecified atom stereocenters. The summed E-state index contributed by atoms with van der Waals surface area (Å²) in [6.07, 6.45) is 1.78. The van der Waals surface area contributed by atoms with Gasteiger partial charge in [0, 0.05) is 77.5 Å². The van der Waals surface area contributed by atoms with E-state index in [-0.39, 0.29) is 12.0 Å². The van der Waals surface area contributed by atoms with E-state index in [4.69, 9.17) is 4.74 Å². The molecule has 0 aromatic carbocycles. The normalized spacial score (nSPS) is 37.1. The summed E-state index contributed by atoms with van der Waals surface area (Å²) in [5.74, 6) is 0.854. The van der Waals surface area contributed by atoms with Crippen molar-refractivity contribution in [1.82, 2.24) is 20.4 Å². The summed E-state index contributed by atoms with van der Waals surface area (Å²) in [7, 11) is 1.82. The summed E-state index contributed by atoms with van der Waals surface area (Å²) < 4.78 is 5.54. The number of rotatable bonds is 6. The van der Waals surface area contributed by atoms with Gasteiger partial charge in [0.2, 0.25) is 0 Å². The molecule has 132 valence electrons. The number of nitrogens with one attached hydrogen (secondary N) is 2. The van der Waals surface area contributed by atoms with Crippen molar-refractivity contribution in [1.29, 1.82) is 0 Å². The van der Waals surface area contributed by atoms with E-state index in [9.17, 15) is 5.11 Å². The Hall–Kier alpha value is -0.890. The van der Waals surface area contributed by atoms with Gasteiger partial charge in [-0.2, -0.15) is 0 Å². The lowest BCUT2D eigenvalue weighted by Gasteiger charge is -2.47. The van der Waals surface area contributed by atoms with E-state index in [2.05, 4.69) is 25.4 Å². The molecular formula is C16H31N5O2. The molecule has 0 aromatic rings. The van der Waals surface area contributed by atoms with Crippen molar-refractivity contribution in [2.75, 3.05) is 72.7 Å². The fourth-order valence-electron chi connectivity index (χ4n) is 3.94. The van der Waals surface area contributed by atoms with Crippen LogP contribution in [0.25, 0.3) is 0 Å². The minimum atomic E-state index is 0.0471. The van der Waals surface area contributed by atoms with Crippen molar-refractivity contribution >= 4 is 5.96 Å². The van der Waals surface area contributed by atoms with Gasteiger partial charge in [0.05, 0.1) is 6.61 Å². The number of nitrogens with zero attached hydrogens (tertiary/aromatic N) is 3. The summed E-state index contributed by atoms with van der Waals surface area (Å²) >= 11 is 0. The van der Waals surface area contributed by atoms with Gasteiger partial charge in [0.1, 0.15) is 0 Å². The van der Waals surface area contributed by atoms with Crippen LogP contribution in [0.15, 0.2) is 4.99 Å². The van der Waals surface area contributed by atoms with Gasteiger partial charge in [-0.1, -0.05) is 0 Å². The lowest BCUT2D eigenvalue weighted by molar-refractivity contribution is 0.0154. The van der Waals surface area contributed by atoms with E-state index in [1.807, 2.05) is 7.05 Å². The largest absolute Gasteiger partial charge is 0.396 e. The molecule has 0 saturated carbocycles. The lowest BCUT2D eigenvalue weighted by Crippen LogP contribution is -2.64. The summed E-state index contributed by atoms with van der Waals surface area (Å²) in [5, 5.41) is 16.2. The van der Waals surface area contributed by atoms with Crippen LogP contribution in [-0.2, 0) is 4.74 Å². The maximum Gasteiger partial charge on any atom is 0.191 e. The van der Waals surface area contributed by atoms with Gasteiger partial charge in [-0.3, -0.25) is 14.8 Å². The zero-order chi connectivity index (χ0) is 16.1. The van der Waals surface area contributed by atoms with Crippen LogP contribution in [0, 0.1) is 5.41 Å². The molecule has 0 aliphatic carbocycles. The third-order valence-electron chi connectivity index (χ3n) is 5.58. The van der Waals surface area contributed by atoms with E-state index in [1.165, 1.54) is 26.2 Å². The fraction of sp³-hybridized carbons (Fsp3) is 0.938. The highest BCUT2D eigenvalue weighted by Crippen LogP contribution is 2.31. The van der Waals surface area contributed by atoms with Crippen molar-refractivity contribution in [2.24, 2.45) is 10.4 Å². The van der Waals surface area contributed by atoms with Crippen LogP contribution in [-0.4, -0.2) is 99.6 Å². The molecule has 4 heterocycles. The highest BCUT2D eigenvalue weighted by molar-refractivity contribution is 5.79. The number of fused-ring (bicyclic) bond motifs is 3. The second-order valence-corrected chi connectivity index (χ2v) is 7.07. The first-order valence-corrected chi connectivity index (χ1v) is 8.84. The van der Waals surface area contributed by atoms with Crippen molar-refractivity contribution in [3.8, 4) is 0 Å². The number of hydrogen-bond acceptors (Lipinski definition) is 5. The molecule has 0 radical (unpaired) electrons. The van der Waals surface area contributed by atoms with Gasteiger partial charge in [-0.25, -0.2) is 0 Å². The lowest BCUT2D eigenvalue weighted by atomic mass is 9.84. The van der Waals surface area contributed by atoms with Crippen LogP contribution < -0.4 is 10.6 Å². The average Bonchev–Trinajstić information content (AvgIpc) is 3.05. The molecule has 4 rings (SSSR count). The number of aliphatic hydroxyl groups excluding tert-OH is 1. The molecule has 7 heteroatoms. The van der Waals surface area contributed by atoms with Gasteiger partial charge in [0.25, 0.3) is 0 Å². The monoisotopic (exact) mass is 325 g/mol. The van der Waals surface area contributed by atoms with E-state index < -0.39 is 0 Å². The minimum Gasteiger partial charge on any atom is -0.396 e. The van der Waals surface area contributed by atoms with Crippen LogP contribution in [0.3, 0.4) is 0 Å². The van der Waals surface area contributed by atoms with Gasteiger partial charge in [0.15, 0.2) is 5.96 Å². The fourth-order valence-corrected chi connectivity index (χ4v) is 3.94. The summed E-state index contributed by atoms with van der Waals surface area (Å²) in [6.45, 7) is 9.43. The predicted molar refractivity (Wildman–Crippen MR) is 90.7 cm³/mol. The predicted octanol–water partition coefficient (Wildman–Crippen LogP) is -1.06. The Labute approximate surface area is 139 Å². The molecule has 0 spiro atoms. The Kier molecular flexibility index (Phi) is 5.74. The van der Waals surface area contributed by atoms with Crippen molar-refractivity contribution in [2.45, 2.75) is 18.9 Å². The Morgan fingerprint density at radius 2 is 2.13 bits per heavy atom. The molecule has 2 atom stereocenters. The highest BCUT2D eigenvalue weighted by atomic mass is 16.5. The second kappa shape index (κ2) is 7.79. The summed E-state index contributed by atoms with van der Waals surface area (Å²) in [4.78, 5) is 9.48. The SMILES string of the molecule is CN=C(NCC1CN2CCN1CC2)NCC1(CCO)CCOC1. The minimum absolute atomic E-state index is 0.0471. The van der Waals surface area contributed by atoms with Crippen molar-refractivity contribution in [3.63, 3.8) is 0 Å². The van der Waals surface area contributed by atoms with E-state index >= 15 is 0 Å². The highest BCUT2D eigenvalue weighted by Gasteiger charge is 2.35. The molecule has 2 bridgehead atoms. The first kappa shape index (κ1) is 17.0. The molecule has 0 amide bonds. The summed E-state index contributed by atoms with van der Waals surface area (Å²) in [5.41, 5.74) is 0.0471. The third-order valence-corrected chi connectivity index (χ3v) is 5.58. The van der Waals surface area contributed by atoms with Crippen LogP contribution >= 0.6 is 0 Å². The number of aliphatic imine (C=N–C) groups is 1. The van der Waals surface area contributed by atoms with Gasteiger partial charge in [-0.05, 0) is 12.8 Å². The first-order chi connectivity index (χ1) is 11.2. The van der Waals surface area contributed by atoms with Crippen molar-refractivity contribution < 1.29 is 9.84 Å². The molecule has 4 saturated heterocycles. The van der Waals surface area contributed by atoms with Gasteiger partial charge in [-0.15, -0.1) is 0 Å². The zero-order valence-corrected chi connectivity index (χ0v) is 14.3. The van der Waals surface area contributed by atoms with Crippen molar-refractivity contribution in [3.05, 3.63) is 0 Å². The van der Waals surface area contributed by atoms with Crippen LogP contribution in [0.2, 0.25) is 0 Å². The summed E-state index contributed by atoms with van der Waals surface area (Å²) in [6, 6.07) is 0.581. The second-order valence-electron chi connectivity index (χ2n) is 7.07. The quantitative estimate of drug-likeness (QED) is 0.427. The topological polar surface area (TPSA) is 72.4 Å². The Morgan fingerprint density at radius 3 is 2.70 bits per heavy atom. The molecular weight excluding hydrogens is 294 g/mol. The molecule has 4 aliphatic heterocycles. The van der Waals surface area contributed by atoms with E-state index in [0.29, 0.717) is 6.04 Å². The Morgan fingerprint density at radius 1 is 1.30 bits per heavy atom. The van der Waals surface area contributed by atoms with E-state index in [0.717, 1.165) is 51.6 Å². The van der Waals surface area contributed by atoms with Crippen LogP contribution in [0.1, 0.15) is 12.8 Å². The molecule has 3 N–H and O–H groups in total. The smallest absolute Gasteiger partial charge is 0.191 e. The van der Waals surface area contributed by atoms with Gasteiger partial charge < -0.3 is 20.5 Å². The number of piperazine rings is 3. The van der Waals surface area contributed by atoms with Crippen LogP contribution in [0.4, 0.5) is 0 Å².